The van der Waals surface area contributed by atoms with E-state index in [0.29, 0.717) is 28.4 Å². The molecule has 9 heteroatoms. The molecule has 0 saturated heterocycles. The molecule has 0 radical (unpaired) electrons. The van der Waals surface area contributed by atoms with Crippen molar-refractivity contribution in [1.82, 2.24) is 4.57 Å². The van der Waals surface area contributed by atoms with E-state index >= 15 is 0 Å². The van der Waals surface area contributed by atoms with Gasteiger partial charge in [-0.3, -0.25) is 9.59 Å². The number of rotatable bonds is 7. The highest BCUT2D eigenvalue weighted by Gasteiger charge is 2.26. The number of aromatic nitrogens is 1. The number of hydrogen-bond donors (Lipinski definition) is 1. The lowest BCUT2D eigenvalue weighted by Crippen LogP contribution is -2.33. The van der Waals surface area contributed by atoms with Crippen molar-refractivity contribution in [2.75, 3.05) is 19.5 Å². The number of benzene rings is 2. The molecule has 0 fully saturated rings. The lowest BCUT2D eigenvalue weighted by Gasteiger charge is -2.16. The van der Waals surface area contributed by atoms with Crippen LogP contribution in [0.4, 0.5) is 5.69 Å². The number of aryl methyl sites for hydroxylation is 3. The quantitative estimate of drug-likeness (QED) is 0.569. The SMILES string of the molecule is COc1ccc(NC(=O)Cn2c(C)cc(C)c(S(=O)(=O)c3ccc(C)cc3)c2=O)c(OC)c1. The number of carbonyl (C=O) groups is 1. The summed E-state index contributed by atoms with van der Waals surface area (Å²) < 4.78 is 38.0. The average Bonchev–Trinajstić information content (AvgIpc) is 2.76. The summed E-state index contributed by atoms with van der Waals surface area (Å²) >= 11 is 0. The van der Waals surface area contributed by atoms with Crippen LogP contribution in [0.1, 0.15) is 16.8 Å². The van der Waals surface area contributed by atoms with Gasteiger partial charge in [0.1, 0.15) is 22.9 Å². The zero-order valence-corrected chi connectivity index (χ0v) is 19.9. The summed E-state index contributed by atoms with van der Waals surface area (Å²) in [7, 11) is -1.09. The molecule has 1 N–H and O–H groups in total. The van der Waals surface area contributed by atoms with Gasteiger partial charge in [-0.1, -0.05) is 17.7 Å². The van der Waals surface area contributed by atoms with Crippen molar-refractivity contribution in [3.63, 3.8) is 0 Å². The molecule has 2 aromatic carbocycles. The van der Waals surface area contributed by atoms with Crippen molar-refractivity contribution < 1.29 is 22.7 Å². The van der Waals surface area contributed by atoms with Crippen molar-refractivity contribution in [1.29, 1.82) is 0 Å². The number of carbonyl (C=O) groups excluding carboxylic acids is 1. The van der Waals surface area contributed by atoms with Gasteiger partial charge in [-0.2, -0.15) is 0 Å². The fourth-order valence-corrected chi connectivity index (χ4v) is 5.05. The summed E-state index contributed by atoms with van der Waals surface area (Å²) in [6, 6.07) is 12.8. The Bertz CT molecular complexity index is 1360. The molecule has 0 spiro atoms. The highest BCUT2D eigenvalue weighted by Crippen LogP contribution is 2.29. The summed E-state index contributed by atoms with van der Waals surface area (Å²) in [6.07, 6.45) is 0. The van der Waals surface area contributed by atoms with Gasteiger partial charge in [-0.15, -0.1) is 0 Å². The lowest BCUT2D eigenvalue weighted by molar-refractivity contribution is -0.116. The second-order valence-corrected chi connectivity index (χ2v) is 9.51. The van der Waals surface area contributed by atoms with Crippen LogP contribution in [0.5, 0.6) is 11.5 Å². The number of ether oxygens (including phenoxy) is 2. The zero-order valence-electron chi connectivity index (χ0n) is 19.1. The molecule has 0 aliphatic heterocycles. The number of hydrogen-bond acceptors (Lipinski definition) is 6. The molecule has 3 rings (SSSR count). The minimum Gasteiger partial charge on any atom is -0.497 e. The summed E-state index contributed by atoms with van der Waals surface area (Å²) in [4.78, 5) is 25.7. The van der Waals surface area contributed by atoms with Gasteiger partial charge < -0.3 is 19.4 Å². The van der Waals surface area contributed by atoms with Gasteiger partial charge in [-0.25, -0.2) is 8.42 Å². The molecular formula is C24H26N2O6S. The molecule has 174 valence electrons. The first-order valence-corrected chi connectivity index (χ1v) is 11.6. The summed E-state index contributed by atoms with van der Waals surface area (Å²) in [5.41, 5.74) is 1.35. The van der Waals surface area contributed by atoms with E-state index in [1.54, 1.807) is 50.2 Å². The zero-order chi connectivity index (χ0) is 24.3. The fraction of sp³-hybridized carbons (Fsp3) is 0.250. The van der Waals surface area contributed by atoms with Crippen molar-refractivity contribution in [3.05, 3.63) is 75.7 Å². The Balaban J connectivity index is 1.98. The molecule has 1 amide bonds. The van der Waals surface area contributed by atoms with Gasteiger partial charge >= 0.3 is 0 Å². The lowest BCUT2D eigenvalue weighted by atomic mass is 10.2. The van der Waals surface area contributed by atoms with Crippen LogP contribution in [-0.2, 0) is 21.2 Å². The third-order valence-corrected chi connectivity index (χ3v) is 7.16. The molecule has 33 heavy (non-hydrogen) atoms. The van der Waals surface area contributed by atoms with Crippen LogP contribution in [-0.4, -0.2) is 33.1 Å². The maximum atomic E-state index is 13.3. The number of nitrogens with one attached hydrogen (secondary N) is 1. The number of methoxy groups -OCH3 is 2. The molecule has 8 nitrogen and oxygen atoms in total. The Morgan fingerprint density at radius 3 is 2.24 bits per heavy atom. The highest BCUT2D eigenvalue weighted by atomic mass is 32.2. The average molecular weight is 471 g/mol. The first kappa shape index (κ1) is 24.1. The second kappa shape index (κ2) is 9.50. The Morgan fingerprint density at radius 1 is 0.970 bits per heavy atom. The van der Waals surface area contributed by atoms with Crippen molar-refractivity contribution in [2.24, 2.45) is 0 Å². The standard InChI is InChI=1S/C24H26N2O6S/c1-15-6-9-19(10-7-15)33(29,30)23-16(2)12-17(3)26(24(23)28)14-22(27)25-20-11-8-18(31-4)13-21(20)32-5/h6-13H,14H2,1-5H3,(H,25,27). The topological polar surface area (TPSA) is 104 Å². The van der Waals surface area contributed by atoms with E-state index in [0.717, 1.165) is 10.1 Å². The van der Waals surface area contributed by atoms with Crippen molar-refractivity contribution in [2.45, 2.75) is 37.1 Å². The van der Waals surface area contributed by atoms with Gasteiger partial charge in [0.15, 0.2) is 0 Å². The first-order chi connectivity index (χ1) is 15.6. The van der Waals surface area contributed by atoms with E-state index in [2.05, 4.69) is 5.32 Å². The third kappa shape index (κ3) is 4.93. The molecule has 3 aromatic rings. The van der Waals surface area contributed by atoms with Gasteiger partial charge in [0.25, 0.3) is 5.56 Å². The monoisotopic (exact) mass is 470 g/mol. The van der Waals surface area contributed by atoms with Crippen LogP contribution in [0.3, 0.4) is 0 Å². The molecule has 0 aliphatic carbocycles. The van der Waals surface area contributed by atoms with Gasteiger partial charge in [-0.05, 0) is 56.7 Å². The highest BCUT2D eigenvalue weighted by molar-refractivity contribution is 7.91. The van der Waals surface area contributed by atoms with E-state index < -0.39 is 21.3 Å². The number of nitrogens with zero attached hydrogens (tertiary/aromatic N) is 1. The summed E-state index contributed by atoms with van der Waals surface area (Å²) in [5, 5.41) is 2.70. The van der Waals surface area contributed by atoms with Crippen molar-refractivity contribution >= 4 is 21.4 Å². The maximum absolute atomic E-state index is 13.3. The second-order valence-electron chi connectivity index (χ2n) is 7.62. The molecule has 0 atom stereocenters. The van der Waals surface area contributed by atoms with Crippen LogP contribution < -0.4 is 20.3 Å². The van der Waals surface area contributed by atoms with E-state index in [4.69, 9.17) is 9.47 Å². The largest absolute Gasteiger partial charge is 0.497 e. The molecule has 0 saturated carbocycles. The van der Waals surface area contributed by atoms with Gasteiger partial charge in [0.2, 0.25) is 15.7 Å². The van der Waals surface area contributed by atoms with Crippen LogP contribution in [0.15, 0.2) is 63.1 Å². The number of amides is 1. The molecule has 1 heterocycles. The predicted molar refractivity (Wildman–Crippen MR) is 125 cm³/mol. The van der Waals surface area contributed by atoms with Crippen molar-refractivity contribution in [3.8, 4) is 11.5 Å². The van der Waals surface area contributed by atoms with Crippen LogP contribution in [0, 0.1) is 20.8 Å². The normalized spacial score (nSPS) is 11.2. The Morgan fingerprint density at radius 2 is 1.64 bits per heavy atom. The molecule has 0 aliphatic rings. The Kier molecular flexibility index (Phi) is 6.92. The van der Waals surface area contributed by atoms with Crippen LogP contribution >= 0.6 is 0 Å². The Hall–Kier alpha value is -3.59. The maximum Gasteiger partial charge on any atom is 0.270 e. The minimum absolute atomic E-state index is 0.0242. The molecule has 0 unspecified atom stereocenters. The molecule has 1 aromatic heterocycles. The minimum atomic E-state index is -4.07. The first-order valence-electron chi connectivity index (χ1n) is 10.1. The predicted octanol–water partition coefficient (Wildman–Crippen LogP) is 3.26. The van der Waals surface area contributed by atoms with Crippen LogP contribution in [0.25, 0.3) is 0 Å². The van der Waals surface area contributed by atoms with Gasteiger partial charge in [0.05, 0.1) is 24.8 Å². The number of sulfone groups is 1. The Labute approximate surface area is 192 Å². The third-order valence-electron chi connectivity index (χ3n) is 5.23. The van der Waals surface area contributed by atoms with E-state index in [9.17, 15) is 18.0 Å². The summed E-state index contributed by atoms with van der Waals surface area (Å²) in [6.45, 7) is 4.70. The fourth-order valence-electron chi connectivity index (χ4n) is 3.50. The summed E-state index contributed by atoms with van der Waals surface area (Å²) in [5.74, 6) is 0.436. The number of pyridine rings is 1. The van der Waals surface area contributed by atoms with E-state index in [-0.39, 0.29) is 16.3 Å². The van der Waals surface area contributed by atoms with Crippen LogP contribution in [0.2, 0.25) is 0 Å². The van der Waals surface area contributed by atoms with E-state index in [1.807, 2.05) is 6.92 Å². The van der Waals surface area contributed by atoms with Gasteiger partial charge in [0, 0.05) is 11.8 Å². The molecular weight excluding hydrogens is 444 g/mol. The molecule has 0 bridgehead atoms. The van der Waals surface area contributed by atoms with E-state index in [1.165, 1.54) is 26.4 Å². The number of anilines is 1. The smallest absolute Gasteiger partial charge is 0.270 e.